The Morgan fingerprint density at radius 3 is 2.45 bits per heavy atom. The van der Waals surface area contributed by atoms with Gasteiger partial charge in [-0.1, -0.05) is 29.8 Å². The van der Waals surface area contributed by atoms with Crippen molar-refractivity contribution in [1.82, 2.24) is 10.7 Å². The van der Waals surface area contributed by atoms with Crippen molar-refractivity contribution in [2.75, 3.05) is 18.5 Å². The molecule has 164 valence electrons. The van der Waals surface area contributed by atoms with Crippen molar-refractivity contribution in [3.63, 3.8) is 0 Å². The maximum absolute atomic E-state index is 12.1. The summed E-state index contributed by atoms with van der Waals surface area (Å²) < 4.78 is 6.45. The first-order chi connectivity index (χ1) is 14.7. The number of halogens is 1. The topological polar surface area (TPSA) is 109 Å². The molecule has 2 aromatic rings. The summed E-state index contributed by atoms with van der Waals surface area (Å²) in [5, 5.41) is 9.04. The molecule has 0 heterocycles. The fraction of sp³-hybridized carbons (Fsp3) is 0.273. The van der Waals surface area contributed by atoms with Crippen LogP contribution in [-0.2, 0) is 14.4 Å². The van der Waals surface area contributed by atoms with Crippen molar-refractivity contribution in [1.29, 1.82) is 0 Å². The van der Waals surface area contributed by atoms with Gasteiger partial charge in [0.15, 0.2) is 6.61 Å². The lowest BCUT2D eigenvalue weighted by Crippen LogP contribution is -2.39. The molecule has 0 spiro atoms. The van der Waals surface area contributed by atoms with E-state index in [1.165, 1.54) is 6.21 Å². The van der Waals surface area contributed by atoms with E-state index in [4.69, 9.17) is 4.74 Å². The highest BCUT2D eigenvalue weighted by Gasteiger charge is 2.12. The van der Waals surface area contributed by atoms with Crippen molar-refractivity contribution in [2.24, 2.45) is 11.0 Å². The third-order valence-electron chi connectivity index (χ3n) is 3.95. The summed E-state index contributed by atoms with van der Waals surface area (Å²) in [5.74, 6) is -1.07. The predicted molar refractivity (Wildman–Crippen MR) is 123 cm³/mol. The maximum atomic E-state index is 12.1. The first-order valence-electron chi connectivity index (χ1n) is 9.64. The van der Waals surface area contributed by atoms with Crippen LogP contribution in [0.1, 0.15) is 25.0 Å². The summed E-state index contributed by atoms with van der Waals surface area (Å²) in [6, 6.07) is 12.3. The Morgan fingerprint density at radius 1 is 1.10 bits per heavy atom. The molecule has 0 aliphatic rings. The molecule has 0 bridgehead atoms. The van der Waals surface area contributed by atoms with Crippen molar-refractivity contribution >= 4 is 45.6 Å². The SMILES string of the molecule is Cc1cc(NC(=O)COc2ccc(/C=N\NC(=O)C(=O)NCC(C)C)cc2)ccc1Br. The largest absolute Gasteiger partial charge is 0.484 e. The zero-order valence-electron chi connectivity index (χ0n) is 17.6. The van der Waals surface area contributed by atoms with Crippen LogP contribution in [0.15, 0.2) is 52.0 Å². The zero-order chi connectivity index (χ0) is 22.8. The van der Waals surface area contributed by atoms with Gasteiger partial charge in [-0.05, 0) is 66.4 Å². The molecule has 31 heavy (non-hydrogen) atoms. The van der Waals surface area contributed by atoms with E-state index < -0.39 is 11.8 Å². The van der Waals surface area contributed by atoms with Crippen LogP contribution in [-0.4, -0.2) is 37.1 Å². The average molecular weight is 489 g/mol. The molecule has 3 amide bonds. The lowest BCUT2D eigenvalue weighted by Gasteiger charge is -2.09. The lowest BCUT2D eigenvalue weighted by atomic mass is 10.2. The van der Waals surface area contributed by atoms with Crippen LogP contribution in [0.4, 0.5) is 5.69 Å². The van der Waals surface area contributed by atoms with Crippen molar-refractivity contribution in [3.8, 4) is 5.75 Å². The number of aryl methyl sites for hydroxylation is 1. The molecule has 0 saturated heterocycles. The number of hydrazone groups is 1. The van der Waals surface area contributed by atoms with Crippen LogP contribution in [0.3, 0.4) is 0 Å². The van der Waals surface area contributed by atoms with Crippen molar-refractivity contribution < 1.29 is 19.1 Å². The average Bonchev–Trinajstić information content (AvgIpc) is 2.74. The van der Waals surface area contributed by atoms with Gasteiger partial charge < -0.3 is 15.4 Å². The van der Waals surface area contributed by atoms with Crippen LogP contribution in [0.5, 0.6) is 5.75 Å². The van der Waals surface area contributed by atoms with E-state index in [2.05, 4.69) is 37.1 Å². The first-order valence-corrected chi connectivity index (χ1v) is 10.4. The quantitative estimate of drug-likeness (QED) is 0.301. The Morgan fingerprint density at radius 2 is 1.81 bits per heavy atom. The van der Waals surface area contributed by atoms with Gasteiger partial charge in [-0.3, -0.25) is 14.4 Å². The van der Waals surface area contributed by atoms with E-state index in [-0.39, 0.29) is 18.4 Å². The van der Waals surface area contributed by atoms with Crippen molar-refractivity contribution in [3.05, 3.63) is 58.1 Å². The van der Waals surface area contributed by atoms with Gasteiger partial charge >= 0.3 is 11.8 Å². The highest BCUT2D eigenvalue weighted by atomic mass is 79.9. The van der Waals surface area contributed by atoms with E-state index in [0.717, 1.165) is 10.0 Å². The van der Waals surface area contributed by atoms with E-state index in [0.29, 0.717) is 23.5 Å². The summed E-state index contributed by atoms with van der Waals surface area (Å²) in [6.07, 6.45) is 1.40. The number of carbonyl (C=O) groups excluding carboxylic acids is 3. The summed E-state index contributed by atoms with van der Waals surface area (Å²) >= 11 is 3.42. The molecule has 3 N–H and O–H groups in total. The molecule has 0 fully saturated rings. The molecule has 2 aromatic carbocycles. The van der Waals surface area contributed by atoms with Crippen LogP contribution in [0.2, 0.25) is 0 Å². The fourth-order valence-corrected chi connectivity index (χ4v) is 2.56. The summed E-state index contributed by atoms with van der Waals surface area (Å²) in [6.45, 7) is 6.08. The molecule has 0 atom stereocenters. The number of hydrogen-bond donors (Lipinski definition) is 3. The zero-order valence-corrected chi connectivity index (χ0v) is 19.2. The lowest BCUT2D eigenvalue weighted by molar-refractivity contribution is -0.139. The van der Waals surface area contributed by atoms with Gasteiger partial charge in [-0.15, -0.1) is 0 Å². The Kier molecular flexibility index (Phi) is 9.20. The van der Waals surface area contributed by atoms with Gasteiger partial charge in [0, 0.05) is 16.7 Å². The van der Waals surface area contributed by atoms with Crippen LogP contribution in [0.25, 0.3) is 0 Å². The van der Waals surface area contributed by atoms with Crippen molar-refractivity contribution in [2.45, 2.75) is 20.8 Å². The van der Waals surface area contributed by atoms with E-state index in [1.807, 2.05) is 32.9 Å². The summed E-state index contributed by atoms with van der Waals surface area (Å²) in [5.41, 5.74) is 4.57. The number of nitrogens with zero attached hydrogens (tertiary/aromatic N) is 1. The van der Waals surface area contributed by atoms with E-state index in [9.17, 15) is 14.4 Å². The molecule has 0 saturated carbocycles. The molecule has 2 rings (SSSR count). The molecular formula is C22H25BrN4O4. The Bertz CT molecular complexity index is 958. The molecule has 9 heteroatoms. The highest BCUT2D eigenvalue weighted by Crippen LogP contribution is 2.20. The third kappa shape index (κ3) is 8.59. The number of ether oxygens (including phenoxy) is 1. The monoisotopic (exact) mass is 488 g/mol. The Balaban J connectivity index is 1.77. The number of hydrogen-bond acceptors (Lipinski definition) is 5. The molecule has 0 aromatic heterocycles. The standard InChI is InChI=1S/C22H25BrN4O4/c1-14(2)11-24-21(29)22(30)27-25-12-16-4-7-18(8-5-16)31-13-20(28)26-17-6-9-19(23)15(3)10-17/h4-10,12,14H,11,13H2,1-3H3,(H,24,29)(H,26,28)(H,27,30)/b25-12-. The molecule has 8 nitrogen and oxygen atoms in total. The predicted octanol–water partition coefficient (Wildman–Crippen LogP) is 3.00. The smallest absolute Gasteiger partial charge is 0.329 e. The minimum absolute atomic E-state index is 0.135. The van der Waals surface area contributed by atoms with Gasteiger partial charge in [0.1, 0.15) is 5.75 Å². The third-order valence-corrected chi connectivity index (χ3v) is 4.84. The summed E-state index contributed by atoms with van der Waals surface area (Å²) in [7, 11) is 0. The Hall–Kier alpha value is -3.20. The molecule has 0 aliphatic heterocycles. The second-order valence-electron chi connectivity index (χ2n) is 7.17. The second kappa shape index (κ2) is 11.8. The van der Waals surface area contributed by atoms with Gasteiger partial charge in [-0.25, -0.2) is 5.43 Å². The molecule has 0 radical (unpaired) electrons. The van der Waals surface area contributed by atoms with Gasteiger partial charge in [0.2, 0.25) is 0 Å². The second-order valence-corrected chi connectivity index (χ2v) is 8.03. The molecule has 0 unspecified atom stereocenters. The number of carbonyl (C=O) groups is 3. The first kappa shape index (κ1) is 24.1. The van der Waals surface area contributed by atoms with Crippen LogP contribution < -0.4 is 20.8 Å². The summed E-state index contributed by atoms with van der Waals surface area (Å²) in [4.78, 5) is 35.2. The minimum Gasteiger partial charge on any atom is -0.484 e. The number of nitrogens with one attached hydrogen (secondary N) is 3. The minimum atomic E-state index is -0.830. The number of rotatable bonds is 8. The number of benzene rings is 2. The highest BCUT2D eigenvalue weighted by molar-refractivity contribution is 9.10. The fourth-order valence-electron chi connectivity index (χ4n) is 2.31. The van der Waals surface area contributed by atoms with Gasteiger partial charge in [0.05, 0.1) is 6.21 Å². The van der Waals surface area contributed by atoms with Crippen LogP contribution >= 0.6 is 15.9 Å². The molecular weight excluding hydrogens is 464 g/mol. The van der Waals surface area contributed by atoms with Crippen LogP contribution in [0, 0.1) is 12.8 Å². The van der Waals surface area contributed by atoms with E-state index >= 15 is 0 Å². The van der Waals surface area contributed by atoms with Gasteiger partial charge in [0.25, 0.3) is 5.91 Å². The number of anilines is 1. The normalized spacial score (nSPS) is 10.7. The molecule has 0 aliphatic carbocycles. The maximum Gasteiger partial charge on any atom is 0.329 e. The Labute approximate surface area is 189 Å². The van der Waals surface area contributed by atoms with Gasteiger partial charge in [-0.2, -0.15) is 5.10 Å². The van der Waals surface area contributed by atoms with E-state index in [1.54, 1.807) is 30.3 Å². The number of amides is 3.